The molecule has 1 N–H and O–H groups in total. The highest BCUT2D eigenvalue weighted by molar-refractivity contribution is 5.94. The van der Waals surface area contributed by atoms with Crippen LogP contribution >= 0.6 is 0 Å². The van der Waals surface area contributed by atoms with Gasteiger partial charge in [-0.05, 0) is 42.7 Å². The number of hydrogen-bond donors (Lipinski definition) is 1. The number of carbonyl (C=O) groups is 1. The Labute approximate surface area is 154 Å². The molecule has 0 aromatic heterocycles. The van der Waals surface area contributed by atoms with E-state index in [1.807, 2.05) is 23.1 Å². The molecule has 2 aliphatic rings. The van der Waals surface area contributed by atoms with E-state index in [0.717, 1.165) is 44.0 Å². The molecular weight excluding hydrogens is 326 g/mol. The standard InChI is InChI=1S/C21H25N3O2/c1-16-14-18-4-2-3-5-20(18)24(16)21(25)22-15-17-6-8-19(9-7-17)23-10-12-26-13-11-23/h2-9,16H,10-15H2,1H3,(H,22,25). The molecule has 2 aromatic rings. The number of anilines is 2. The molecule has 0 bridgehead atoms. The van der Waals surface area contributed by atoms with Gasteiger partial charge in [0.25, 0.3) is 0 Å². The Hall–Kier alpha value is -2.53. The Morgan fingerprint density at radius 2 is 1.85 bits per heavy atom. The van der Waals surface area contributed by atoms with E-state index < -0.39 is 0 Å². The van der Waals surface area contributed by atoms with E-state index >= 15 is 0 Å². The van der Waals surface area contributed by atoms with Crippen molar-refractivity contribution in [2.45, 2.75) is 25.9 Å². The van der Waals surface area contributed by atoms with Crippen molar-refractivity contribution in [2.24, 2.45) is 0 Å². The molecule has 26 heavy (non-hydrogen) atoms. The lowest BCUT2D eigenvalue weighted by atomic mass is 10.1. The van der Waals surface area contributed by atoms with Crippen LogP contribution in [0.1, 0.15) is 18.1 Å². The molecule has 0 aliphatic carbocycles. The summed E-state index contributed by atoms with van der Waals surface area (Å²) in [6, 6.07) is 16.7. The summed E-state index contributed by atoms with van der Waals surface area (Å²) in [6.45, 7) is 6.07. The number of benzene rings is 2. The topological polar surface area (TPSA) is 44.8 Å². The molecular formula is C21H25N3O2. The number of rotatable bonds is 3. The van der Waals surface area contributed by atoms with Gasteiger partial charge in [0.2, 0.25) is 0 Å². The van der Waals surface area contributed by atoms with Gasteiger partial charge < -0.3 is 15.0 Å². The van der Waals surface area contributed by atoms with Gasteiger partial charge in [-0.15, -0.1) is 0 Å². The van der Waals surface area contributed by atoms with Gasteiger partial charge in [0.15, 0.2) is 0 Å². The average molecular weight is 351 g/mol. The Balaban J connectivity index is 1.37. The highest BCUT2D eigenvalue weighted by Gasteiger charge is 2.30. The van der Waals surface area contributed by atoms with Crippen molar-refractivity contribution in [3.63, 3.8) is 0 Å². The van der Waals surface area contributed by atoms with Crippen molar-refractivity contribution < 1.29 is 9.53 Å². The zero-order chi connectivity index (χ0) is 17.9. The molecule has 1 saturated heterocycles. The van der Waals surface area contributed by atoms with E-state index in [2.05, 4.69) is 47.5 Å². The molecule has 2 aromatic carbocycles. The monoisotopic (exact) mass is 351 g/mol. The number of nitrogens with zero attached hydrogens (tertiary/aromatic N) is 2. The van der Waals surface area contributed by atoms with E-state index in [-0.39, 0.29) is 12.1 Å². The Morgan fingerprint density at radius 1 is 1.12 bits per heavy atom. The first-order chi connectivity index (χ1) is 12.7. The number of amides is 2. The molecule has 136 valence electrons. The molecule has 0 spiro atoms. The molecule has 1 atom stereocenters. The number of hydrogen-bond acceptors (Lipinski definition) is 3. The van der Waals surface area contributed by atoms with Crippen molar-refractivity contribution in [1.29, 1.82) is 0 Å². The van der Waals surface area contributed by atoms with Crippen LogP contribution in [0.2, 0.25) is 0 Å². The van der Waals surface area contributed by atoms with Crippen molar-refractivity contribution in [2.75, 3.05) is 36.1 Å². The molecule has 1 unspecified atom stereocenters. The van der Waals surface area contributed by atoms with Crippen LogP contribution in [0.5, 0.6) is 0 Å². The summed E-state index contributed by atoms with van der Waals surface area (Å²) in [5.74, 6) is 0. The first-order valence-corrected chi connectivity index (χ1v) is 9.29. The van der Waals surface area contributed by atoms with Crippen molar-refractivity contribution in [3.8, 4) is 0 Å². The minimum atomic E-state index is -0.0281. The number of carbonyl (C=O) groups excluding carboxylic acids is 1. The molecule has 5 nitrogen and oxygen atoms in total. The number of fused-ring (bicyclic) bond motifs is 1. The van der Waals surface area contributed by atoms with Crippen LogP contribution in [0.25, 0.3) is 0 Å². The third-order valence-electron chi connectivity index (χ3n) is 5.18. The maximum atomic E-state index is 12.7. The highest BCUT2D eigenvalue weighted by atomic mass is 16.5. The maximum Gasteiger partial charge on any atom is 0.322 e. The lowest BCUT2D eigenvalue weighted by Gasteiger charge is -2.29. The first kappa shape index (κ1) is 16.9. The summed E-state index contributed by atoms with van der Waals surface area (Å²) in [5.41, 5.74) is 4.59. The fourth-order valence-corrected chi connectivity index (χ4v) is 3.78. The molecule has 2 heterocycles. The predicted octanol–water partition coefficient (Wildman–Crippen LogP) is 3.18. The van der Waals surface area contributed by atoms with Gasteiger partial charge in [0, 0.05) is 37.1 Å². The van der Waals surface area contributed by atoms with Crippen LogP contribution in [0.15, 0.2) is 48.5 Å². The van der Waals surface area contributed by atoms with Crippen LogP contribution < -0.4 is 15.1 Å². The average Bonchev–Trinajstić information content (AvgIpc) is 3.03. The molecule has 1 fully saturated rings. The lowest BCUT2D eigenvalue weighted by Crippen LogP contribution is -2.43. The Bertz CT molecular complexity index is 769. The third-order valence-corrected chi connectivity index (χ3v) is 5.18. The Kier molecular flexibility index (Phi) is 4.80. The highest BCUT2D eigenvalue weighted by Crippen LogP contribution is 2.31. The molecule has 4 rings (SSSR count). The largest absolute Gasteiger partial charge is 0.378 e. The zero-order valence-corrected chi connectivity index (χ0v) is 15.1. The molecule has 2 aliphatic heterocycles. The molecule has 0 saturated carbocycles. The fourth-order valence-electron chi connectivity index (χ4n) is 3.78. The minimum absolute atomic E-state index is 0.0281. The number of morpholine rings is 1. The van der Waals surface area contributed by atoms with Crippen LogP contribution in [-0.4, -0.2) is 38.4 Å². The zero-order valence-electron chi connectivity index (χ0n) is 15.1. The van der Waals surface area contributed by atoms with E-state index in [1.54, 1.807) is 0 Å². The summed E-state index contributed by atoms with van der Waals surface area (Å²) >= 11 is 0. The minimum Gasteiger partial charge on any atom is -0.378 e. The van der Waals surface area contributed by atoms with Gasteiger partial charge in [-0.2, -0.15) is 0 Å². The van der Waals surface area contributed by atoms with E-state index in [1.165, 1.54) is 11.3 Å². The van der Waals surface area contributed by atoms with E-state index in [4.69, 9.17) is 4.74 Å². The second-order valence-corrected chi connectivity index (χ2v) is 6.98. The molecule has 0 radical (unpaired) electrons. The second-order valence-electron chi connectivity index (χ2n) is 6.98. The van der Waals surface area contributed by atoms with Crippen LogP contribution in [0, 0.1) is 0 Å². The number of ether oxygens (including phenoxy) is 1. The number of urea groups is 1. The van der Waals surface area contributed by atoms with Crippen molar-refractivity contribution in [3.05, 3.63) is 59.7 Å². The van der Waals surface area contributed by atoms with Crippen molar-refractivity contribution in [1.82, 2.24) is 5.32 Å². The Morgan fingerprint density at radius 3 is 2.62 bits per heavy atom. The fraction of sp³-hybridized carbons (Fsp3) is 0.381. The quantitative estimate of drug-likeness (QED) is 0.924. The summed E-state index contributed by atoms with van der Waals surface area (Å²) in [6.07, 6.45) is 0.915. The van der Waals surface area contributed by atoms with E-state index in [0.29, 0.717) is 6.54 Å². The second kappa shape index (κ2) is 7.38. The van der Waals surface area contributed by atoms with E-state index in [9.17, 15) is 4.79 Å². The normalized spacial score (nSPS) is 19.3. The third kappa shape index (κ3) is 3.40. The van der Waals surface area contributed by atoms with Crippen molar-refractivity contribution >= 4 is 17.4 Å². The smallest absolute Gasteiger partial charge is 0.322 e. The van der Waals surface area contributed by atoms with Gasteiger partial charge in [0.1, 0.15) is 0 Å². The maximum absolute atomic E-state index is 12.7. The summed E-state index contributed by atoms with van der Waals surface area (Å²) in [5, 5.41) is 3.06. The summed E-state index contributed by atoms with van der Waals surface area (Å²) in [7, 11) is 0. The van der Waals surface area contributed by atoms with Crippen LogP contribution in [0.3, 0.4) is 0 Å². The molecule has 5 heteroatoms. The summed E-state index contributed by atoms with van der Waals surface area (Å²) in [4.78, 5) is 16.9. The van der Waals surface area contributed by atoms with Gasteiger partial charge in [0.05, 0.1) is 13.2 Å². The van der Waals surface area contributed by atoms with Crippen LogP contribution in [0.4, 0.5) is 16.2 Å². The predicted molar refractivity (Wildman–Crippen MR) is 104 cm³/mol. The van der Waals surface area contributed by atoms with Gasteiger partial charge in [-0.25, -0.2) is 4.79 Å². The van der Waals surface area contributed by atoms with Crippen LogP contribution in [-0.2, 0) is 17.7 Å². The van der Waals surface area contributed by atoms with Gasteiger partial charge >= 0.3 is 6.03 Å². The summed E-state index contributed by atoms with van der Waals surface area (Å²) < 4.78 is 5.40. The number of para-hydroxylation sites is 1. The lowest BCUT2D eigenvalue weighted by molar-refractivity contribution is 0.122. The molecule has 2 amide bonds. The SMILES string of the molecule is CC1Cc2ccccc2N1C(=O)NCc1ccc(N2CCOCC2)cc1. The first-order valence-electron chi connectivity index (χ1n) is 9.29. The van der Waals surface area contributed by atoms with Gasteiger partial charge in [-0.3, -0.25) is 4.90 Å². The van der Waals surface area contributed by atoms with Gasteiger partial charge in [-0.1, -0.05) is 30.3 Å². The number of nitrogens with one attached hydrogen (secondary N) is 1.